The number of para-hydroxylation sites is 2. The van der Waals surface area contributed by atoms with E-state index in [0.29, 0.717) is 19.4 Å². The van der Waals surface area contributed by atoms with Crippen LogP contribution in [0.25, 0.3) is 11.0 Å². The first-order chi connectivity index (χ1) is 9.81. The van der Waals surface area contributed by atoms with Gasteiger partial charge in [0.2, 0.25) is 5.91 Å². The molecule has 0 unspecified atom stereocenters. The van der Waals surface area contributed by atoms with Gasteiger partial charge in [-0.15, -0.1) is 0 Å². The van der Waals surface area contributed by atoms with Crippen molar-refractivity contribution in [1.29, 1.82) is 0 Å². The average Bonchev–Trinajstić information content (AvgIpc) is 3.11. The van der Waals surface area contributed by atoms with E-state index in [9.17, 15) is 4.79 Å². The number of benzene rings is 1. The summed E-state index contributed by atoms with van der Waals surface area (Å²) in [4.78, 5) is 19.4. The monoisotopic (exact) mass is 269 g/mol. The van der Waals surface area contributed by atoms with Crippen molar-refractivity contribution < 1.29 is 9.21 Å². The van der Waals surface area contributed by atoms with Crippen LogP contribution in [0.2, 0.25) is 0 Å². The summed E-state index contributed by atoms with van der Waals surface area (Å²) in [6.07, 6.45) is 4.24. The molecule has 0 aliphatic heterocycles. The number of carbonyl (C=O) groups is 1. The molecule has 2 aromatic heterocycles. The molecule has 1 amide bonds. The highest BCUT2D eigenvalue weighted by Crippen LogP contribution is 2.11. The highest BCUT2D eigenvalue weighted by molar-refractivity contribution is 5.77. The Morgan fingerprint density at radius 2 is 2.20 bits per heavy atom. The van der Waals surface area contributed by atoms with E-state index in [-0.39, 0.29) is 5.91 Å². The van der Waals surface area contributed by atoms with Gasteiger partial charge in [-0.05, 0) is 18.2 Å². The molecular formula is C15H15N3O2. The molecule has 0 fully saturated rings. The first kappa shape index (κ1) is 12.5. The summed E-state index contributed by atoms with van der Waals surface area (Å²) < 4.78 is 4.94. The molecule has 0 bridgehead atoms. The van der Waals surface area contributed by atoms with Crippen molar-refractivity contribution in [2.45, 2.75) is 19.4 Å². The van der Waals surface area contributed by atoms with E-state index in [0.717, 1.165) is 22.4 Å². The summed E-state index contributed by atoms with van der Waals surface area (Å²) in [6.45, 7) is 0.495. The van der Waals surface area contributed by atoms with Crippen molar-refractivity contribution in [3.05, 3.63) is 54.2 Å². The lowest BCUT2D eigenvalue weighted by molar-refractivity contribution is -0.121. The molecule has 2 N–H and O–H groups in total. The maximum absolute atomic E-state index is 11.7. The van der Waals surface area contributed by atoms with Gasteiger partial charge in [0.25, 0.3) is 0 Å². The van der Waals surface area contributed by atoms with Gasteiger partial charge in [0, 0.05) is 24.9 Å². The summed E-state index contributed by atoms with van der Waals surface area (Å²) in [6, 6.07) is 9.67. The zero-order valence-electron chi connectivity index (χ0n) is 10.9. The van der Waals surface area contributed by atoms with Crippen LogP contribution in [0.4, 0.5) is 0 Å². The summed E-state index contributed by atoms with van der Waals surface area (Å²) in [7, 11) is 0. The van der Waals surface area contributed by atoms with Crippen molar-refractivity contribution in [3.8, 4) is 0 Å². The molecule has 3 rings (SSSR count). The number of nitrogens with zero attached hydrogens (tertiary/aromatic N) is 1. The molecule has 0 spiro atoms. The lowest BCUT2D eigenvalue weighted by Gasteiger charge is -2.02. The number of carbonyl (C=O) groups excluding carboxylic acids is 1. The minimum Gasteiger partial charge on any atom is -0.472 e. The van der Waals surface area contributed by atoms with Crippen molar-refractivity contribution in [2.24, 2.45) is 0 Å². The van der Waals surface area contributed by atoms with Crippen LogP contribution in [0, 0.1) is 0 Å². The third-order valence-corrected chi connectivity index (χ3v) is 3.10. The van der Waals surface area contributed by atoms with Gasteiger partial charge in [0.05, 0.1) is 23.6 Å². The lowest BCUT2D eigenvalue weighted by Crippen LogP contribution is -2.22. The fourth-order valence-corrected chi connectivity index (χ4v) is 2.04. The predicted octanol–water partition coefficient (Wildman–Crippen LogP) is 2.40. The van der Waals surface area contributed by atoms with Crippen molar-refractivity contribution in [2.75, 3.05) is 0 Å². The Morgan fingerprint density at radius 1 is 1.30 bits per heavy atom. The van der Waals surface area contributed by atoms with E-state index >= 15 is 0 Å². The second kappa shape index (κ2) is 5.61. The topological polar surface area (TPSA) is 70.9 Å². The number of amides is 1. The lowest BCUT2D eigenvalue weighted by atomic mass is 10.2. The van der Waals surface area contributed by atoms with Crippen LogP contribution in [0.1, 0.15) is 17.8 Å². The predicted molar refractivity (Wildman–Crippen MR) is 75.0 cm³/mol. The Bertz CT molecular complexity index is 668. The minimum atomic E-state index is 0.00616. The highest BCUT2D eigenvalue weighted by atomic mass is 16.3. The van der Waals surface area contributed by atoms with E-state index in [2.05, 4.69) is 15.3 Å². The number of hydrogen-bond acceptors (Lipinski definition) is 3. The Balaban J connectivity index is 1.52. The number of aryl methyl sites for hydroxylation is 1. The molecule has 0 aliphatic rings. The summed E-state index contributed by atoms with van der Waals surface area (Å²) in [5.41, 5.74) is 2.89. The van der Waals surface area contributed by atoms with Crippen LogP contribution >= 0.6 is 0 Å². The zero-order chi connectivity index (χ0) is 13.8. The van der Waals surface area contributed by atoms with Gasteiger partial charge in [-0.3, -0.25) is 4.79 Å². The van der Waals surface area contributed by atoms with Crippen LogP contribution in [0.15, 0.2) is 47.3 Å². The summed E-state index contributed by atoms with van der Waals surface area (Å²) in [5, 5.41) is 2.85. The molecule has 102 valence electrons. The molecule has 0 saturated heterocycles. The zero-order valence-corrected chi connectivity index (χ0v) is 10.9. The molecule has 1 aromatic carbocycles. The fraction of sp³-hybridized carbons (Fsp3) is 0.200. The van der Waals surface area contributed by atoms with Gasteiger partial charge in [-0.25, -0.2) is 4.98 Å². The van der Waals surface area contributed by atoms with E-state index in [1.165, 1.54) is 0 Å². The number of aromatic nitrogens is 2. The van der Waals surface area contributed by atoms with Crippen LogP contribution < -0.4 is 5.32 Å². The fourth-order valence-electron chi connectivity index (χ4n) is 2.04. The molecule has 2 heterocycles. The molecule has 3 aromatic rings. The summed E-state index contributed by atoms with van der Waals surface area (Å²) >= 11 is 0. The van der Waals surface area contributed by atoms with Gasteiger partial charge in [-0.2, -0.15) is 0 Å². The molecule has 0 aliphatic carbocycles. The number of furan rings is 1. The van der Waals surface area contributed by atoms with E-state index in [4.69, 9.17) is 4.42 Å². The highest BCUT2D eigenvalue weighted by Gasteiger charge is 2.06. The van der Waals surface area contributed by atoms with Crippen LogP contribution in [0.3, 0.4) is 0 Å². The van der Waals surface area contributed by atoms with Gasteiger partial charge in [0.1, 0.15) is 5.82 Å². The van der Waals surface area contributed by atoms with Gasteiger partial charge < -0.3 is 14.7 Å². The molecule has 5 nitrogen and oxygen atoms in total. The Labute approximate surface area is 116 Å². The Hall–Kier alpha value is -2.56. The van der Waals surface area contributed by atoms with Crippen molar-refractivity contribution in [3.63, 3.8) is 0 Å². The maximum Gasteiger partial charge on any atom is 0.220 e. The first-order valence-corrected chi connectivity index (χ1v) is 6.52. The SMILES string of the molecule is O=C(CCc1nc2ccccc2[nH]1)NCc1ccoc1. The number of aromatic amines is 1. The number of hydrogen-bond donors (Lipinski definition) is 2. The van der Waals surface area contributed by atoms with E-state index in [1.54, 1.807) is 12.5 Å². The second-order valence-electron chi connectivity index (χ2n) is 4.61. The van der Waals surface area contributed by atoms with Crippen molar-refractivity contribution >= 4 is 16.9 Å². The third-order valence-electron chi connectivity index (χ3n) is 3.10. The minimum absolute atomic E-state index is 0.00616. The normalized spacial score (nSPS) is 10.8. The largest absolute Gasteiger partial charge is 0.472 e. The van der Waals surface area contributed by atoms with Gasteiger partial charge in [-0.1, -0.05) is 12.1 Å². The van der Waals surface area contributed by atoms with Crippen molar-refractivity contribution in [1.82, 2.24) is 15.3 Å². The van der Waals surface area contributed by atoms with Crippen LogP contribution in [-0.4, -0.2) is 15.9 Å². The molecule has 0 saturated carbocycles. The Kier molecular flexibility index (Phi) is 3.50. The maximum atomic E-state index is 11.7. The molecular weight excluding hydrogens is 254 g/mol. The molecule has 20 heavy (non-hydrogen) atoms. The number of H-pyrrole nitrogens is 1. The smallest absolute Gasteiger partial charge is 0.220 e. The number of imidazole rings is 1. The standard InChI is InChI=1S/C15H15N3O2/c19-15(16-9-11-7-8-20-10-11)6-5-14-17-12-3-1-2-4-13(12)18-14/h1-4,7-8,10H,5-6,9H2,(H,16,19)(H,17,18). The second-order valence-corrected chi connectivity index (χ2v) is 4.61. The third kappa shape index (κ3) is 2.88. The quantitative estimate of drug-likeness (QED) is 0.747. The van der Waals surface area contributed by atoms with Gasteiger partial charge in [0.15, 0.2) is 0 Å². The summed E-state index contributed by atoms with van der Waals surface area (Å²) in [5.74, 6) is 0.844. The van der Waals surface area contributed by atoms with Crippen LogP contribution in [-0.2, 0) is 17.8 Å². The average molecular weight is 269 g/mol. The molecule has 5 heteroatoms. The molecule has 0 atom stereocenters. The first-order valence-electron chi connectivity index (χ1n) is 6.52. The van der Waals surface area contributed by atoms with Crippen LogP contribution in [0.5, 0.6) is 0 Å². The van der Waals surface area contributed by atoms with E-state index < -0.39 is 0 Å². The molecule has 0 radical (unpaired) electrons. The Morgan fingerprint density at radius 3 is 3.00 bits per heavy atom. The number of nitrogens with one attached hydrogen (secondary N) is 2. The number of fused-ring (bicyclic) bond motifs is 1. The number of rotatable bonds is 5. The van der Waals surface area contributed by atoms with E-state index in [1.807, 2.05) is 30.3 Å². The van der Waals surface area contributed by atoms with Gasteiger partial charge >= 0.3 is 0 Å².